The van der Waals surface area contributed by atoms with E-state index in [2.05, 4.69) is 22.3 Å². The molecule has 2 rings (SSSR count). The third kappa shape index (κ3) is 4.74. The van der Waals surface area contributed by atoms with Crippen molar-refractivity contribution in [2.24, 2.45) is 0 Å². The number of carbonyl (C=O) groups is 1. The molecule has 0 fully saturated rings. The Balaban J connectivity index is 2.11. The molecule has 1 unspecified atom stereocenters. The average Bonchev–Trinajstić information content (AvgIpc) is 2.56. The fraction of sp³-hybridized carbons (Fsp3) is 0.278. The molecule has 0 aromatic heterocycles. The van der Waals surface area contributed by atoms with Crippen molar-refractivity contribution in [3.05, 3.63) is 64.7 Å². The maximum atomic E-state index is 12.5. The highest BCUT2D eigenvalue weighted by Crippen LogP contribution is 2.23. The molecule has 3 nitrogen and oxygen atoms in total. The van der Waals surface area contributed by atoms with Gasteiger partial charge in [-0.15, -0.1) is 11.8 Å². The Kier molecular flexibility index (Phi) is 6.51. The van der Waals surface area contributed by atoms with E-state index in [1.165, 1.54) is 5.56 Å². The molecule has 1 amide bonds. The highest BCUT2D eigenvalue weighted by molar-refractivity contribution is 7.98. The van der Waals surface area contributed by atoms with Crippen molar-refractivity contribution >= 4 is 29.3 Å². The maximum absolute atomic E-state index is 12.5. The number of halogens is 1. The van der Waals surface area contributed by atoms with E-state index in [1.807, 2.05) is 50.7 Å². The number of hydrogen-bond acceptors (Lipinski definition) is 3. The lowest BCUT2D eigenvalue weighted by atomic mass is 10.1. The summed E-state index contributed by atoms with van der Waals surface area (Å²) in [5.41, 5.74) is 1.69. The van der Waals surface area contributed by atoms with Gasteiger partial charge in [-0.25, -0.2) is 0 Å². The number of hydrogen-bond donors (Lipinski definition) is 1. The molecule has 0 aliphatic heterocycles. The van der Waals surface area contributed by atoms with Crippen molar-refractivity contribution in [1.29, 1.82) is 0 Å². The maximum Gasteiger partial charge on any atom is 0.252 e. The number of nitrogens with one attached hydrogen (secondary N) is 1. The summed E-state index contributed by atoms with van der Waals surface area (Å²) in [5, 5.41) is 3.47. The number of likely N-dealkylation sites (N-methyl/N-ethyl adjacent to an activating group) is 1. The lowest BCUT2D eigenvalue weighted by Gasteiger charge is -2.25. The third-order valence-electron chi connectivity index (χ3n) is 3.68. The minimum Gasteiger partial charge on any atom is -0.350 e. The van der Waals surface area contributed by atoms with Crippen LogP contribution in [0.1, 0.15) is 22.0 Å². The molecule has 0 spiro atoms. The molecular weight excluding hydrogens is 328 g/mol. The lowest BCUT2D eigenvalue weighted by Crippen LogP contribution is -2.34. The number of benzene rings is 2. The van der Waals surface area contributed by atoms with Crippen LogP contribution in [0.25, 0.3) is 0 Å². The Morgan fingerprint density at radius 2 is 1.91 bits per heavy atom. The Morgan fingerprint density at radius 3 is 2.52 bits per heavy atom. The first-order chi connectivity index (χ1) is 11.0. The van der Waals surface area contributed by atoms with E-state index in [9.17, 15) is 4.79 Å². The number of thioether (sulfide) groups is 1. The van der Waals surface area contributed by atoms with Gasteiger partial charge in [-0.2, -0.15) is 0 Å². The van der Waals surface area contributed by atoms with Gasteiger partial charge < -0.3 is 10.2 Å². The summed E-state index contributed by atoms with van der Waals surface area (Å²) in [6.45, 7) is 0.523. The van der Waals surface area contributed by atoms with E-state index in [0.29, 0.717) is 17.1 Å². The second-order valence-electron chi connectivity index (χ2n) is 5.45. The molecule has 0 bridgehead atoms. The Labute approximate surface area is 147 Å². The van der Waals surface area contributed by atoms with Crippen molar-refractivity contribution in [2.45, 2.75) is 10.9 Å². The fourth-order valence-corrected chi connectivity index (χ4v) is 3.01. The molecule has 2 aromatic carbocycles. The third-order valence-corrected chi connectivity index (χ3v) is 4.74. The van der Waals surface area contributed by atoms with Gasteiger partial charge in [0.15, 0.2) is 0 Å². The van der Waals surface area contributed by atoms with E-state index < -0.39 is 0 Å². The van der Waals surface area contributed by atoms with Crippen molar-refractivity contribution in [3.8, 4) is 0 Å². The second kappa shape index (κ2) is 8.39. The van der Waals surface area contributed by atoms with Gasteiger partial charge >= 0.3 is 0 Å². The average molecular weight is 349 g/mol. The highest BCUT2D eigenvalue weighted by Gasteiger charge is 2.17. The SMILES string of the molecule is CSc1ccc(Cl)c(C(=O)NCC(c2ccccc2)N(C)C)c1. The number of rotatable bonds is 6. The normalized spacial score (nSPS) is 12.2. The molecule has 0 saturated heterocycles. The molecule has 0 heterocycles. The Morgan fingerprint density at radius 1 is 1.22 bits per heavy atom. The van der Waals surface area contributed by atoms with Gasteiger partial charge in [-0.05, 0) is 44.1 Å². The van der Waals surface area contributed by atoms with Gasteiger partial charge in [-0.1, -0.05) is 41.9 Å². The molecule has 0 radical (unpaired) electrons. The molecule has 2 aromatic rings. The van der Waals surface area contributed by atoms with Crippen LogP contribution in [0.5, 0.6) is 0 Å². The van der Waals surface area contributed by atoms with Crippen LogP contribution in [0.15, 0.2) is 53.4 Å². The first kappa shape index (κ1) is 17.9. The minimum atomic E-state index is -0.145. The summed E-state index contributed by atoms with van der Waals surface area (Å²) >= 11 is 7.75. The minimum absolute atomic E-state index is 0.114. The summed E-state index contributed by atoms with van der Waals surface area (Å²) in [7, 11) is 4.01. The summed E-state index contributed by atoms with van der Waals surface area (Å²) < 4.78 is 0. The van der Waals surface area contributed by atoms with E-state index in [0.717, 1.165) is 4.90 Å². The van der Waals surface area contributed by atoms with Crippen LogP contribution in [0.2, 0.25) is 5.02 Å². The predicted octanol–water partition coefficient (Wildman–Crippen LogP) is 4.09. The first-order valence-electron chi connectivity index (χ1n) is 7.36. The predicted molar refractivity (Wildman–Crippen MR) is 98.4 cm³/mol. The molecular formula is C18H21ClN2OS. The quantitative estimate of drug-likeness (QED) is 0.798. The van der Waals surface area contributed by atoms with E-state index in [1.54, 1.807) is 17.8 Å². The molecule has 122 valence electrons. The smallest absolute Gasteiger partial charge is 0.252 e. The molecule has 23 heavy (non-hydrogen) atoms. The fourth-order valence-electron chi connectivity index (χ4n) is 2.36. The summed E-state index contributed by atoms with van der Waals surface area (Å²) in [4.78, 5) is 15.6. The van der Waals surface area contributed by atoms with Gasteiger partial charge in [-0.3, -0.25) is 4.79 Å². The summed E-state index contributed by atoms with van der Waals surface area (Å²) in [6.07, 6.45) is 1.97. The van der Waals surface area contributed by atoms with Crippen molar-refractivity contribution in [1.82, 2.24) is 10.2 Å². The highest BCUT2D eigenvalue weighted by atomic mass is 35.5. The summed E-state index contributed by atoms with van der Waals surface area (Å²) in [5.74, 6) is -0.145. The zero-order valence-electron chi connectivity index (χ0n) is 13.5. The standard InChI is InChI=1S/C18H21ClN2OS/c1-21(2)17(13-7-5-4-6-8-13)12-20-18(22)15-11-14(23-3)9-10-16(15)19/h4-11,17H,12H2,1-3H3,(H,20,22). The van der Waals surface area contributed by atoms with E-state index in [4.69, 9.17) is 11.6 Å². The number of amides is 1. The van der Waals surface area contributed by atoms with Gasteiger partial charge in [0.1, 0.15) is 0 Å². The van der Waals surface area contributed by atoms with Crippen LogP contribution in [-0.2, 0) is 0 Å². The van der Waals surface area contributed by atoms with Gasteiger partial charge in [0.05, 0.1) is 16.6 Å². The van der Waals surface area contributed by atoms with Gasteiger partial charge in [0.2, 0.25) is 0 Å². The zero-order valence-corrected chi connectivity index (χ0v) is 15.1. The largest absolute Gasteiger partial charge is 0.350 e. The lowest BCUT2D eigenvalue weighted by molar-refractivity contribution is 0.0942. The molecule has 0 aliphatic carbocycles. The zero-order chi connectivity index (χ0) is 16.8. The monoisotopic (exact) mass is 348 g/mol. The van der Waals surface area contributed by atoms with Crippen molar-refractivity contribution < 1.29 is 4.79 Å². The number of nitrogens with zero attached hydrogens (tertiary/aromatic N) is 1. The van der Waals surface area contributed by atoms with Crippen LogP contribution in [-0.4, -0.2) is 37.7 Å². The Bertz CT molecular complexity index is 661. The van der Waals surface area contributed by atoms with Gasteiger partial charge in [0, 0.05) is 11.4 Å². The molecule has 1 N–H and O–H groups in total. The molecule has 1 atom stereocenters. The number of carbonyl (C=O) groups excluding carboxylic acids is 1. The molecule has 0 saturated carbocycles. The van der Waals surface area contributed by atoms with E-state index >= 15 is 0 Å². The van der Waals surface area contributed by atoms with E-state index in [-0.39, 0.29) is 11.9 Å². The van der Waals surface area contributed by atoms with Crippen LogP contribution in [0, 0.1) is 0 Å². The van der Waals surface area contributed by atoms with Crippen molar-refractivity contribution in [2.75, 3.05) is 26.9 Å². The van der Waals surface area contributed by atoms with Crippen molar-refractivity contribution in [3.63, 3.8) is 0 Å². The van der Waals surface area contributed by atoms with Crippen LogP contribution in [0.4, 0.5) is 0 Å². The Hall–Kier alpha value is -1.49. The first-order valence-corrected chi connectivity index (χ1v) is 8.96. The molecule has 0 aliphatic rings. The van der Waals surface area contributed by atoms with Crippen LogP contribution in [0.3, 0.4) is 0 Å². The second-order valence-corrected chi connectivity index (χ2v) is 6.73. The summed E-state index contributed by atoms with van der Waals surface area (Å²) in [6, 6.07) is 15.8. The molecule has 5 heteroatoms. The topological polar surface area (TPSA) is 32.3 Å². The van der Waals surface area contributed by atoms with Crippen LogP contribution >= 0.6 is 23.4 Å². The van der Waals surface area contributed by atoms with Gasteiger partial charge in [0.25, 0.3) is 5.91 Å². The van der Waals surface area contributed by atoms with Crippen LogP contribution < -0.4 is 5.32 Å².